The summed E-state index contributed by atoms with van der Waals surface area (Å²) in [4.78, 5) is 12.7. The first kappa shape index (κ1) is 21.9. The predicted molar refractivity (Wildman–Crippen MR) is 131 cm³/mol. The van der Waals surface area contributed by atoms with Crippen LogP contribution in [0, 0.1) is 11.3 Å². The van der Waals surface area contributed by atoms with Crippen LogP contribution in [-0.4, -0.2) is 5.91 Å². The van der Waals surface area contributed by atoms with Gasteiger partial charge in [0.1, 0.15) is 24.0 Å². The Bertz CT molecular complexity index is 1340. The van der Waals surface area contributed by atoms with Gasteiger partial charge in [-0.2, -0.15) is 5.26 Å². The van der Waals surface area contributed by atoms with E-state index in [2.05, 4.69) is 29.6 Å². The van der Waals surface area contributed by atoms with Crippen molar-refractivity contribution in [3.8, 4) is 11.8 Å². The van der Waals surface area contributed by atoms with E-state index in [1.165, 1.54) is 5.39 Å². The zero-order valence-electron chi connectivity index (χ0n) is 18.4. The third kappa shape index (κ3) is 5.47. The van der Waals surface area contributed by atoms with Gasteiger partial charge in [-0.1, -0.05) is 84.9 Å². The predicted octanol–water partition coefficient (Wildman–Crippen LogP) is 6.20. The Morgan fingerprint density at radius 3 is 2.42 bits per heavy atom. The van der Waals surface area contributed by atoms with Gasteiger partial charge in [0.25, 0.3) is 5.91 Å². The number of carbonyl (C=O) groups excluding carboxylic acids is 1. The molecule has 4 nitrogen and oxygen atoms in total. The third-order valence-corrected chi connectivity index (χ3v) is 5.44. The van der Waals surface area contributed by atoms with Crippen molar-refractivity contribution in [3.05, 3.63) is 119 Å². The molecule has 0 aliphatic rings. The largest absolute Gasteiger partial charge is 0.488 e. The van der Waals surface area contributed by atoms with Crippen molar-refractivity contribution in [2.45, 2.75) is 19.6 Å². The van der Waals surface area contributed by atoms with E-state index in [0.29, 0.717) is 17.9 Å². The Morgan fingerprint density at radius 1 is 0.939 bits per heavy atom. The molecule has 0 bridgehead atoms. The summed E-state index contributed by atoms with van der Waals surface area (Å²) in [7, 11) is 0. The van der Waals surface area contributed by atoms with E-state index in [-0.39, 0.29) is 11.6 Å². The quantitative estimate of drug-likeness (QED) is 0.279. The van der Waals surface area contributed by atoms with Crippen LogP contribution in [0.1, 0.15) is 29.7 Å². The zero-order valence-corrected chi connectivity index (χ0v) is 18.4. The minimum atomic E-state index is -0.418. The van der Waals surface area contributed by atoms with Crippen molar-refractivity contribution in [1.82, 2.24) is 5.32 Å². The molecule has 0 saturated carbocycles. The molecule has 0 spiro atoms. The Hall–Kier alpha value is -4.36. The molecule has 0 aliphatic carbocycles. The number of fused-ring (bicyclic) bond motifs is 1. The minimum absolute atomic E-state index is 0.0273. The number of carbonyl (C=O) groups is 1. The SMILES string of the molecule is C[C@@H](NC(=O)/C(C#N)=C\c1ccccc1OCc1ccc2ccccc2c1)c1ccccc1. The molecule has 0 saturated heterocycles. The number of amides is 1. The van der Waals surface area contributed by atoms with Gasteiger partial charge < -0.3 is 10.1 Å². The smallest absolute Gasteiger partial charge is 0.262 e. The third-order valence-electron chi connectivity index (χ3n) is 5.44. The normalized spacial score (nSPS) is 12.1. The van der Waals surface area contributed by atoms with Crippen LogP contribution < -0.4 is 10.1 Å². The van der Waals surface area contributed by atoms with E-state index in [4.69, 9.17) is 4.74 Å². The summed E-state index contributed by atoms with van der Waals surface area (Å²) in [6.07, 6.45) is 1.57. The molecule has 1 amide bonds. The number of ether oxygens (including phenoxy) is 1. The van der Waals surface area contributed by atoms with Gasteiger partial charge in [0.05, 0.1) is 6.04 Å². The Morgan fingerprint density at radius 2 is 1.64 bits per heavy atom. The summed E-state index contributed by atoms with van der Waals surface area (Å²) in [5.74, 6) is 0.195. The number of nitrogens with one attached hydrogen (secondary N) is 1. The summed E-state index contributed by atoms with van der Waals surface area (Å²) < 4.78 is 6.06. The molecule has 1 atom stereocenters. The second kappa shape index (κ2) is 10.3. The lowest BCUT2D eigenvalue weighted by atomic mass is 10.1. The van der Waals surface area contributed by atoms with Crippen molar-refractivity contribution in [3.63, 3.8) is 0 Å². The van der Waals surface area contributed by atoms with Crippen LogP contribution in [0.25, 0.3) is 16.8 Å². The van der Waals surface area contributed by atoms with Crippen LogP contribution in [0.3, 0.4) is 0 Å². The second-order valence-corrected chi connectivity index (χ2v) is 7.78. The average Bonchev–Trinajstić information content (AvgIpc) is 2.86. The zero-order chi connectivity index (χ0) is 23.0. The fourth-order valence-corrected chi connectivity index (χ4v) is 3.62. The van der Waals surface area contributed by atoms with Crippen molar-refractivity contribution >= 4 is 22.8 Å². The van der Waals surface area contributed by atoms with Crippen LogP contribution in [0.5, 0.6) is 5.75 Å². The average molecular weight is 433 g/mol. The van der Waals surface area contributed by atoms with E-state index in [1.54, 1.807) is 6.08 Å². The van der Waals surface area contributed by atoms with Crippen LogP contribution in [-0.2, 0) is 11.4 Å². The molecule has 0 unspecified atom stereocenters. The van der Waals surface area contributed by atoms with Crippen molar-refractivity contribution in [2.75, 3.05) is 0 Å². The Balaban J connectivity index is 1.50. The van der Waals surface area contributed by atoms with Gasteiger partial charge in [0.2, 0.25) is 0 Å². The molecule has 0 radical (unpaired) electrons. The molecule has 33 heavy (non-hydrogen) atoms. The molecular weight excluding hydrogens is 408 g/mol. The van der Waals surface area contributed by atoms with Gasteiger partial charge in [-0.25, -0.2) is 0 Å². The van der Waals surface area contributed by atoms with E-state index in [1.807, 2.05) is 85.8 Å². The Kier molecular flexibility index (Phi) is 6.82. The van der Waals surface area contributed by atoms with Crippen LogP contribution in [0.2, 0.25) is 0 Å². The monoisotopic (exact) mass is 432 g/mol. The number of benzene rings is 4. The molecule has 0 aromatic heterocycles. The van der Waals surface area contributed by atoms with E-state index >= 15 is 0 Å². The van der Waals surface area contributed by atoms with Crippen molar-refractivity contribution < 1.29 is 9.53 Å². The second-order valence-electron chi connectivity index (χ2n) is 7.78. The maximum absolute atomic E-state index is 12.7. The standard InChI is InChI=1S/C29H24N2O2/c1-21(23-9-3-2-4-10-23)31-29(32)27(19-30)18-26-13-7-8-14-28(26)33-20-22-15-16-24-11-5-6-12-25(24)17-22/h2-18,21H,20H2,1H3,(H,31,32)/b27-18-/t21-/m1/s1. The van der Waals surface area contributed by atoms with Gasteiger partial charge >= 0.3 is 0 Å². The maximum Gasteiger partial charge on any atom is 0.262 e. The highest BCUT2D eigenvalue weighted by atomic mass is 16.5. The lowest BCUT2D eigenvalue weighted by Crippen LogP contribution is -2.27. The van der Waals surface area contributed by atoms with Gasteiger partial charge in [0, 0.05) is 5.56 Å². The topological polar surface area (TPSA) is 62.1 Å². The van der Waals surface area contributed by atoms with Gasteiger partial charge in [-0.05, 0) is 47.0 Å². The molecule has 0 fully saturated rings. The van der Waals surface area contributed by atoms with E-state index in [9.17, 15) is 10.1 Å². The maximum atomic E-state index is 12.7. The first-order valence-electron chi connectivity index (χ1n) is 10.8. The van der Waals surface area contributed by atoms with Gasteiger partial charge in [-0.3, -0.25) is 4.79 Å². The number of para-hydroxylation sites is 1. The summed E-state index contributed by atoms with van der Waals surface area (Å²) in [6.45, 7) is 2.28. The van der Waals surface area contributed by atoms with Crippen LogP contribution in [0.4, 0.5) is 0 Å². The summed E-state index contributed by atoms with van der Waals surface area (Å²) in [5, 5.41) is 14.8. The van der Waals surface area contributed by atoms with E-state index in [0.717, 1.165) is 16.5 Å². The Labute approximate surface area is 193 Å². The van der Waals surface area contributed by atoms with Crippen LogP contribution in [0.15, 0.2) is 103 Å². The summed E-state index contributed by atoms with van der Waals surface area (Å²) in [5.41, 5.74) is 2.72. The summed E-state index contributed by atoms with van der Waals surface area (Å²) in [6, 6.07) is 33.3. The number of rotatable bonds is 7. The van der Waals surface area contributed by atoms with E-state index < -0.39 is 5.91 Å². The minimum Gasteiger partial charge on any atom is -0.488 e. The lowest BCUT2D eigenvalue weighted by Gasteiger charge is -2.14. The first-order chi connectivity index (χ1) is 16.1. The van der Waals surface area contributed by atoms with Crippen LogP contribution >= 0.6 is 0 Å². The highest BCUT2D eigenvalue weighted by molar-refractivity contribution is 6.02. The first-order valence-corrected chi connectivity index (χ1v) is 10.8. The molecule has 1 N–H and O–H groups in total. The molecule has 4 aromatic rings. The molecule has 4 heteroatoms. The molecule has 162 valence electrons. The number of nitriles is 1. The molecule has 4 aromatic carbocycles. The highest BCUT2D eigenvalue weighted by Gasteiger charge is 2.14. The molecular formula is C29H24N2O2. The number of nitrogens with zero attached hydrogens (tertiary/aromatic N) is 1. The van der Waals surface area contributed by atoms with Gasteiger partial charge in [0.15, 0.2) is 0 Å². The van der Waals surface area contributed by atoms with Gasteiger partial charge in [-0.15, -0.1) is 0 Å². The molecule has 4 rings (SSSR count). The lowest BCUT2D eigenvalue weighted by molar-refractivity contribution is -0.117. The fourth-order valence-electron chi connectivity index (χ4n) is 3.62. The summed E-state index contributed by atoms with van der Waals surface area (Å²) >= 11 is 0. The number of hydrogen-bond donors (Lipinski definition) is 1. The molecule has 0 heterocycles. The molecule has 0 aliphatic heterocycles. The van der Waals surface area contributed by atoms with Crippen molar-refractivity contribution in [2.24, 2.45) is 0 Å². The highest BCUT2D eigenvalue weighted by Crippen LogP contribution is 2.24. The van der Waals surface area contributed by atoms with Crippen molar-refractivity contribution in [1.29, 1.82) is 5.26 Å². The number of hydrogen-bond acceptors (Lipinski definition) is 3. The fraction of sp³-hybridized carbons (Fsp3) is 0.103.